The van der Waals surface area contributed by atoms with E-state index in [1.807, 2.05) is 54.1 Å². The third-order valence-corrected chi connectivity index (χ3v) is 6.98. The first-order valence-electron chi connectivity index (χ1n) is 8.96. The molecule has 0 spiro atoms. The summed E-state index contributed by atoms with van der Waals surface area (Å²) in [6.07, 6.45) is 1.95. The first-order chi connectivity index (χ1) is 13.6. The molecule has 2 N–H and O–H groups in total. The van der Waals surface area contributed by atoms with Gasteiger partial charge in [0.25, 0.3) is 0 Å². The van der Waals surface area contributed by atoms with Crippen molar-refractivity contribution in [2.45, 2.75) is 29.9 Å². The summed E-state index contributed by atoms with van der Waals surface area (Å²) in [6, 6.07) is 11.6. The maximum absolute atomic E-state index is 12.5. The second kappa shape index (κ2) is 8.46. The fourth-order valence-electron chi connectivity index (χ4n) is 2.57. The highest BCUT2D eigenvalue weighted by molar-refractivity contribution is 8.00. The fraction of sp³-hybridized carbons (Fsp3) is 0.250. The van der Waals surface area contributed by atoms with Gasteiger partial charge >= 0.3 is 0 Å². The molecule has 1 aliphatic carbocycles. The van der Waals surface area contributed by atoms with Crippen molar-refractivity contribution in [1.29, 1.82) is 0 Å². The summed E-state index contributed by atoms with van der Waals surface area (Å²) in [5.74, 6) is 0.154. The molecule has 0 radical (unpaired) electrons. The monoisotopic (exact) mass is 429 g/mol. The number of thiazole rings is 1. The highest BCUT2D eigenvalue weighted by Gasteiger charge is 2.29. The lowest BCUT2D eigenvalue weighted by Crippen LogP contribution is -2.22. The number of carbonyl (C=O) groups excluding carboxylic acids is 2. The highest BCUT2D eigenvalue weighted by Crippen LogP contribution is 2.32. The minimum atomic E-state index is -0.288. The number of rotatable bonds is 7. The van der Waals surface area contributed by atoms with Gasteiger partial charge in [-0.1, -0.05) is 12.1 Å². The molecule has 144 valence electrons. The second-order valence-corrected chi connectivity index (χ2v) is 9.78. The Bertz CT molecular complexity index is 980. The molecular weight excluding hydrogens is 410 g/mol. The van der Waals surface area contributed by atoms with E-state index in [4.69, 9.17) is 0 Å². The van der Waals surface area contributed by atoms with Gasteiger partial charge in [-0.3, -0.25) is 9.59 Å². The second-order valence-electron chi connectivity index (χ2n) is 6.56. The van der Waals surface area contributed by atoms with E-state index in [9.17, 15) is 9.59 Å². The number of benzene rings is 1. The number of hydrogen-bond acceptors (Lipinski definition) is 6. The number of nitrogens with one attached hydrogen (secondary N) is 2. The Morgan fingerprint density at radius 3 is 2.79 bits per heavy atom. The molecule has 1 aliphatic rings. The van der Waals surface area contributed by atoms with Crippen molar-refractivity contribution < 1.29 is 9.59 Å². The standard InChI is InChI=1S/C20H19N3O2S3/c1-12(18(24)23-20-22-16(11-27-20)17-6-3-9-26-17)28-15-5-2-4-14(10-15)21-19(25)13-7-8-13/h2-6,9-13H,7-8H2,1H3,(H,21,25)(H,22,23,24). The van der Waals surface area contributed by atoms with E-state index >= 15 is 0 Å². The Kier molecular flexibility index (Phi) is 5.79. The van der Waals surface area contributed by atoms with Crippen molar-refractivity contribution in [3.8, 4) is 10.6 Å². The zero-order valence-corrected chi connectivity index (χ0v) is 17.6. The average Bonchev–Trinajstić information content (AvgIpc) is 3.19. The van der Waals surface area contributed by atoms with Gasteiger partial charge in [0, 0.05) is 21.9 Å². The number of amides is 2. The van der Waals surface area contributed by atoms with E-state index < -0.39 is 0 Å². The third kappa shape index (κ3) is 4.81. The van der Waals surface area contributed by atoms with Gasteiger partial charge in [-0.15, -0.1) is 34.4 Å². The molecule has 0 bridgehead atoms. The molecule has 2 aromatic heterocycles. The zero-order valence-electron chi connectivity index (χ0n) is 15.2. The van der Waals surface area contributed by atoms with Crippen LogP contribution in [0.15, 0.2) is 52.1 Å². The summed E-state index contributed by atoms with van der Waals surface area (Å²) < 4.78 is 0. The number of thioether (sulfide) groups is 1. The van der Waals surface area contributed by atoms with Crippen LogP contribution in [0.4, 0.5) is 10.8 Å². The molecule has 2 heterocycles. The normalized spacial score (nSPS) is 14.5. The van der Waals surface area contributed by atoms with Crippen LogP contribution in [0.2, 0.25) is 0 Å². The molecule has 4 rings (SSSR count). The third-order valence-electron chi connectivity index (χ3n) is 4.24. The van der Waals surface area contributed by atoms with Crippen molar-refractivity contribution >= 4 is 57.1 Å². The van der Waals surface area contributed by atoms with Crippen LogP contribution in [0.5, 0.6) is 0 Å². The fourth-order valence-corrected chi connectivity index (χ4v) is 4.97. The van der Waals surface area contributed by atoms with Gasteiger partial charge in [0.1, 0.15) is 0 Å². The van der Waals surface area contributed by atoms with Crippen molar-refractivity contribution in [3.05, 3.63) is 47.2 Å². The van der Waals surface area contributed by atoms with Crippen molar-refractivity contribution in [2.75, 3.05) is 10.6 Å². The molecule has 1 aromatic carbocycles. The van der Waals surface area contributed by atoms with E-state index in [0.717, 1.165) is 34.0 Å². The number of thiophene rings is 1. The van der Waals surface area contributed by atoms with Gasteiger partial charge in [-0.25, -0.2) is 4.98 Å². The molecular formula is C20H19N3O2S3. The molecule has 5 nitrogen and oxygen atoms in total. The van der Waals surface area contributed by atoms with Crippen molar-refractivity contribution in [2.24, 2.45) is 5.92 Å². The summed E-state index contributed by atoms with van der Waals surface area (Å²) in [5.41, 5.74) is 1.66. The average molecular weight is 430 g/mol. The van der Waals surface area contributed by atoms with Crippen molar-refractivity contribution in [1.82, 2.24) is 4.98 Å². The van der Waals surface area contributed by atoms with E-state index in [0.29, 0.717) is 5.13 Å². The van der Waals surface area contributed by atoms with Crippen LogP contribution < -0.4 is 10.6 Å². The van der Waals surface area contributed by atoms with Gasteiger partial charge in [-0.2, -0.15) is 0 Å². The lowest BCUT2D eigenvalue weighted by molar-refractivity contribution is -0.117. The topological polar surface area (TPSA) is 71.1 Å². The van der Waals surface area contributed by atoms with Crippen LogP contribution in [-0.2, 0) is 9.59 Å². The van der Waals surface area contributed by atoms with Crippen LogP contribution in [0.3, 0.4) is 0 Å². The Labute approximate surface area is 175 Å². The highest BCUT2D eigenvalue weighted by atomic mass is 32.2. The molecule has 1 atom stereocenters. The van der Waals surface area contributed by atoms with E-state index in [-0.39, 0.29) is 23.0 Å². The molecule has 28 heavy (non-hydrogen) atoms. The summed E-state index contributed by atoms with van der Waals surface area (Å²) in [6.45, 7) is 1.86. The van der Waals surface area contributed by atoms with Crippen LogP contribution in [-0.4, -0.2) is 22.0 Å². The van der Waals surface area contributed by atoms with Gasteiger partial charge in [0.05, 0.1) is 15.8 Å². The molecule has 2 amide bonds. The Hall–Kier alpha value is -2.16. The molecule has 8 heteroatoms. The predicted molar refractivity (Wildman–Crippen MR) is 117 cm³/mol. The summed E-state index contributed by atoms with van der Waals surface area (Å²) in [4.78, 5) is 31.0. The lowest BCUT2D eigenvalue weighted by atomic mass is 10.3. The Morgan fingerprint density at radius 2 is 2.04 bits per heavy atom. The van der Waals surface area contributed by atoms with E-state index in [1.54, 1.807) is 11.3 Å². The van der Waals surface area contributed by atoms with Gasteiger partial charge in [-0.05, 0) is 49.4 Å². The van der Waals surface area contributed by atoms with Gasteiger partial charge in [0.2, 0.25) is 11.8 Å². The summed E-state index contributed by atoms with van der Waals surface area (Å²) >= 11 is 4.51. The maximum Gasteiger partial charge on any atom is 0.239 e. The molecule has 1 unspecified atom stereocenters. The Balaban J connectivity index is 1.34. The van der Waals surface area contributed by atoms with E-state index in [2.05, 4.69) is 15.6 Å². The van der Waals surface area contributed by atoms with Gasteiger partial charge < -0.3 is 10.6 Å². The molecule has 1 fully saturated rings. The van der Waals surface area contributed by atoms with Crippen LogP contribution in [0.1, 0.15) is 19.8 Å². The lowest BCUT2D eigenvalue weighted by Gasteiger charge is -2.12. The van der Waals surface area contributed by atoms with Crippen molar-refractivity contribution in [3.63, 3.8) is 0 Å². The quantitative estimate of drug-likeness (QED) is 0.497. The molecule has 3 aromatic rings. The first-order valence-corrected chi connectivity index (χ1v) is 11.6. The smallest absolute Gasteiger partial charge is 0.239 e. The number of aromatic nitrogens is 1. The van der Waals surface area contributed by atoms with E-state index in [1.165, 1.54) is 23.1 Å². The van der Waals surface area contributed by atoms with Crippen LogP contribution >= 0.6 is 34.4 Å². The Morgan fingerprint density at radius 1 is 1.18 bits per heavy atom. The zero-order chi connectivity index (χ0) is 19.5. The minimum Gasteiger partial charge on any atom is -0.326 e. The molecule has 1 saturated carbocycles. The minimum absolute atomic E-state index is 0.0817. The molecule has 0 saturated heterocycles. The molecule has 0 aliphatic heterocycles. The predicted octanol–water partition coefficient (Wildman–Crippen LogP) is 5.34. The number of carbonyl (C=O) groups is 2. The maximum atomic E-state index is 12.5. The summed E-state index contributed by atoms with van der Waals surface area (Å²) in [5, 5.41) is 10.1. The first kappa shape index (κ1) is 19.2. The number of hydrogen-bond donors (Lipinski definition) is 2. The van der Waals surface area contributed by atoms with Gasteiger partial charge in [0.15, 0.2) is 5.13 Å². The van der Waals surface area contributed by atoms with Crippen LogP contribution in [0.25, 0.3) is 10.6 Å². The SMILES string of the molecule is CC(Sc1cccc(NC(=O)C2CC2)c1)C(=O)Nc1nc(-c2cccs2)cs1. The number of nitrogens with zero attached hydrogens (tertiary/aromatic N) is 1. The largest absolute Gasteiger partial charge is 0.326 e. The number of anilines is 2. The summed E-state index contributed by atoms with van der Waals surface area (Å²) in [7, 11) is 0. The van der Waals surface area contributed by atoms with Crippen LogP contribution in [0, 0.1) is 5.92 Å².